The van der Waals surface area contributed by atoms with Crippen molar-refractivity contribution in [2.75, 3.05) is 13.2 Å². The highest BCUT2D eigenvalue weighted by Crippen LogP contribution is 2.29. The highest BCUT2D eigenvalue weighted by molar-refractivity contribution is 5.87. The molecule has 0 aromatic rings. The van der Waals surface area contributed by atoms with E-state index in [1.165, 1.54) is 0 Å². The van der Waals surface area contributed by atoms with Crippen LogP contribution in [0.15, 0.2) is 0 Å². The lowest BCUT2D eigenvalue weighted by molar-refractivity contribution is -0.194. The average molecular weight is 242 g/mol. The molecule has 7 heteroatoms. The average Bonchev–Trinajstić information content (AvgIpc) is 2.10. The van der Waals surface area contributed by atoms with Crippen LogP contribution in [-0.4, -0.2) is 46.8 Å². The van der Waals surface area contributed by atoms with Crippen molar-refractivity contribution in [2.45, 2.75) is 38.5 Å². The second-order valence-electron chi connectivity index (χ2n) is 4.02. The van der Waals surface area contributed by atoms with Crippen LogP contribution < -0.4 is 5.73 Å². The van der Waals surface area contributed by atoms with Crippen LogP contribution in [0.3, 0.4) is 0 Å². The number of aliphatic hydroxyl groups is 1. The number of carbonyl (C=O) groups is 1. The molecule has 0 saturated carbocycles. The molecule has 0 heterocycles. The van der Waals surface area contributed by atoms with Crippen LogP contribution in [0, 0.1) is 0 Å². The third kappa shape index (κ3) is 3.08. The van der Waals surface area contributed by atoms with Crippen LogP contribution >= 0.6 is 0 Å². The molecule has 0 aliphatic heterocycles. The molecule has 16 heavy (non-hydrogen) atoms. The predicted molar refractivity (Wildman–Crippen MR) is 52.6 cm³/mol. The first-order valence-corrected chi connectivity index (χ1v) is 4.83. The number of nitrogens with zero attached hydrogens (tertiary/aromatic N) is 1. The smallest absolute Gasteiger partial charge is 0.395 e. The lowest BCUT2D eigenvalue weighted by Gasteiger charge is -2.35. The van der Waals surface area contributed by atoms with E-state index in [1.54, 1.807) is 13.8 Å². The Morgan fingerprint density at radius 2 is 1.88 bits per heavy atom. The minimum Gasteiger partial charge on any atom is -0.395 e. The summed E-state index contributed by atoms with van der Waals surface area (Å²) in [5.74, 6) is -1.23. The Balaban J connectivity index is 5.01. The summed E-state index contributed by atoms with van der Waals surface area (Å²) in [6.07, 6.45) is -4.81. The van der Waals surface area contributed by atoms with Crippen LogP contribution in [0.1, 0.15) is 20.8 Å². The molecule has 0 bridgehead atoms. The second-order valence-corrected chi connectivity index (χ2v) is 4.02. The Morgan fingerprint density at radius 3 is 2.12 bits per heavy atom. The standard InChI is InChI=1S/C9H17F3N2O2/c1-6(2)14(4-5-15)7(16)8(3,13)9(10,11)12/h6,15H,4-5,13H2,1-3H3. The van der Waals surface area contributed by atoms with Gasteiger partial charge in [0.1, 0.15) is 0 Å². The third-order valence-electron chi connectivity index (χ3n) is 2.26. The van der Waals surface area contributed by atoms with Crippen molar-refractivity contribution >= 4 is 5.91 Å². The van der Waals surface area contributed by atoms with Crippen molar-refractivity contribution in [1.82, 2.24) is 4.90 Å². The summed E-state index contributed by atoms with van der Waals surface area (Å²) in [5, 5.41) is 8.69. The summed E-state index contributed by atoms with van der Waals surface area (Å²) in [4.78, 5) is 12.5. The molecule has 1 atom stereocenters. The summed E-state index contributed by atoms with van der Waals surface area (Å²) in [6, 6.07) is -0.454. The first-order valence-electron chi connectivity index (χ1n) is 4.83. The molecule has 3 N–H and O–H groups in total. The van der Waals surface area contributed by atoms with Crippen molar-refractivity contribution in [2.24, 2.45) is 5.73 Å². The fourth-order valence-corrected chi connectivity index (χ4v) is 1.12. The van der Waals surface area contributed by atoms with E-state index >= 15 is 0 Å². The van der Waals surface area contributed by atoms with Gasteiger partial charge >= 0.3 is 6.18 Å². The molecule has 4 nitrogen and oxygen atoms in total. The van der Waals surface area contributed by atoms with Gasteiger partial charge in [0, 0.05) is 12.6 Å². The number of aliphatic hydroxyl groups excluding tert-OH is 1. The van der Waals surface area contributed by atoms with E-state index in [0.717, 1.165) is 4.90 Å². The van der Waals surface area contributed by atoms with Gasteiger partial charge in [-0.25, -0.2) is 0 Å². The van der Waals surface area contributed by atoms with Gasteiger partial charge in [-0.15, -0.1) is 0 Å². The largest absolute Gasteiger partial charge is 0.415 e. The zero-order valence-electron chi connectivity index (χ0n) is 9.51. The topological polar surface area (TPSA) is 66.6 Å². The molecule has 0 aliphatic carbocycles. The monoisotopic (exact) mass is 242 g/mol. The number of alkyl halides is 3. The van der Waals surface area contributed by atoms with Gasteiger partial charge in [0.05, 0.1) is 6.61 Å². The molecule has 0 rings (SSSR count). The molecule has 1 amide bonds. The Morgan fingerprint density at radius 1 is 1.44 bits per heavy atom. The Bertz CT molecular complexity index is 252. The Hall–Kier alpha value is -0.820. The minimum atomic E-state index is -4.81. The fraction of sp³-hybridized carbons (Fsp3) is 0.889. The lowest BCUT2D eigenvalue weighted by Crippen LogP contribution is -2.63. The highest BCUT2D eigenvalue weighted by Gasteiger charge is 2.55. The zero-order valence-corrected chi connectivity index (χ0v) is 9.51. The van der Waals surface area contributed by atoms with Gasteiger partial charge in [0.2, 0.25) is 0 Å². The van der Waals surface area contributed by atoms with Crippen LogP contribution in [-0.2, 0) is 4.79 Å². The quantitative estimate of drug-likeness (QED) is 0.754. The molecule has 0 saturated heterocycles. The fourth-order valence-electron chi connectivity index (χ4n) is 1.12. The minimum absolute atomic E-state index is 0.167. The van der Waals surface area contributed by atoms with Crippen LogP contribution in [0.2, 0.25) is 0 Å². The van der Waals surface area contributed by atoms with Crippen molar-refractivity contribution in [3.63, 3.8) is 0 Å². The van der Waals surface area contributed by atoms with E-state index in [-0.39, 0.29) is 6.54 Å². The summed E-state index contributed by atoms with van der Waals surface area (Å²) in [5.41, 5.74) is 2.08. The lowest BCUT2D eigenvalue weighted by atomic mass is 10.0. The number of halogens is 3. The molecule has 1 unspecified atom stereocenters. The van der Waals surface area contributed by atoms with Gasteiger partial charge in [-0.2, -0.15) is 13.2 Å². The van der Waals surface area contributed by atoms with E-state index in [4.69, 9.17) is 10.8 Å². The van der Waals surface area contributed by atoms with Crippen molar-refractivity contribution in [1.29, 1.82) is 0 Å². The predicted octanol–water partition coefficient (Wildman–Crippen LogP) is 0.495. The number of hydrogen-bond donors (Lipinski definition) is 2. The maximum absolute atomic E-state index is 12.5. The van der Waals surface area contributed by atoms with Gasteiger partial charge < -0.3 is 15.7 Å². The van der Waals surface area contributed by atoms with Crippen LogP contribution in [0.4, 0.5) is 13.2 Å². The molecule has 96 valence electrons. The van der Waals surface area contributed by atoms with Crippen LogP contribution in [0.5, 0.6) is 0 Å². The highest BCUT2D eigenvalue weighted by atomic mass is 19.4. The maximum Gasteiger partial charge on any atom is 0.415 e. The molecule has 0 radical (unpaired) electrons. The molecule has 0 spiro atoms. The molecule has 0 aromatic carbocycles. The van der Waals surface area contributed by atoms with E-state index in [2.05, 4.69) is 0 Å². The van der Waals surface area contributed by atoms with E-state index in [0.29, 0.717) is 6.92 Å². The number of carbonyl (C=O) groups excluding carboxylic acids is 1. The number of amides is 1. The van der Waals surface area contributed by atoms with Crippen molar-refractivity contribution < 1.29 is 23.1 Å². The number of rotatable bonds is 4. The van der Waals surface area contributed by atoms with Gasteiger partial charge in [0.25, 0.3) is 5.91 Å². The number of nitrogens with two attached hydrogens (primary N) is 1. The van der Waals surface area contributed by atoms with E-state index in [1.807, 2.05) is 0 Å². The summed E-state index contributed by atoms with van der Waals surface area (Å²) >= 11 is 0. The molecular formula is C9H17F3N2O2. The third-order valence-corrected chi connectivity index (χ3v) is 2.26. The van der Waals surface area contributed by atoms with Crippen LogP contribution in [0.25, 0.3) is 0 Å². The molecular weight excluding hydrogens is 225 g/mol. The Labute approximate surface area is 92.2 Å². The van der Waals surface area contributed by atoms with E-state index < -0.39 is 30.3 Å². The number of hydrogen-bond acceptors (Lipinski definition) is 3. The first kappa shape index (κ1) is 15.2. The first-order chi connectivity index (χ1) is 7.05. The normalized spacial score (nSPS) is 16.1. The molecule has 0 aromatic heterocycles. The maximum atomic E-state index is 12.5. The van der Waals surface area contributed by atoms with Crippen molar-refractivity contribution in [3.05, 3.63) is 0 Å². The van der Waals surface area contributed by atoms with Gasteiger partial charge in [-0.05, 0) is 20.8 Å². The summed E-state index contributed by atoms with van der Waals surface area (Å²) in [7, 11) is 0. The van der Waals surface area contributed by atoms with Crippen molar-refractivity contribution in [3.8, 4) is 0 Å². The summed E-state index contributed by atoms with van der Waals surface area (Å²) < 4.78 is 37.5. The second kappa shape index (κ2) is 5.01. The molecule has 0 aliphatic rings. The summed E-state index contributed by atoms with van der Waals surface area (Å²) in [6.45, 7) is 3.17. The Kier molecular flexibility index (Phi) is 4.75. The van der Waals surface area contributed by atoms with Gasteiger partial charge in [-0.1, -0.05) is 0 Å². The SMILES string of the molecule is CC(C)N(CCO)C(=O)C(C)(N)C(F)(F)F. The van der Waals surface area contributed by atoms with Gasteiger partial charge in [0.15, 0.2) is 5.54 Å². The van der Waals surface area contributed by atoms with Gasteiger partial charge in [-0.3, -0.25) is 4.79 Å². The molecule has 0 fully saturated rings. The van der Waals surface area contributed by atoms with E-state index in [9.17, 15) is 18.0 Å². The zero-order chi connectivity index (χ0) is 13.1.